The number of hydrogen-bond donors (Lipinski definition) is 1. The third-order valence-corrected chi connectivity index (χ3v) is 0.302. The van der Waals surface area contributed by atoms with Crippen LogP contribution in [0.15, 0.2) is 0 Å². The maximum Gasteiger partial charge on any atom is 2.00 e. The molecule has 0 unspecified atom stereocenters. The van der Waals surface area contributed by atoms with Crippen molar-refractivity contribution in [1.29, 1.82) is 0 Å². The van der Waals surface area contributed by atoms with E-state index in [0.717, 1.165) is 0 Å². The molecular weight excluding hydrogens is 205 g/mol. The zero-order valence-electron chi connectivity index (χ0n) is 5.77. The van der Waals surface area contributed by atoms with Crippen LogP contribution in [0.1, 0.15) is 16.2 Å². The van der Waals surface area contributed by atoms with Gasteiger partial charge in [-0.05, 0) is 0 Å². The fraction of sp³-hybridized carbons (Fsp3) is 0.667. The molecule has 34 valence electrons. The Balaban J connectivity index is -0.0000000267. The van der Waals surface area contributed by atoms with Gasteiger partial charge in [0.05, 0.1) is 0 Å². The van der Waals surface area contributed by atoms with Crippen LogP contribution in [0, 0.1) is 0 Å². The van der Waals surface area contributed by atoms with Gasteiger partial charge in [-0.1, -0.05) is 6.92 Å². The molecule has 0 aromatic heterocycles. The number of hydrogen-bond acceptors (Lipinski definition) is 1. The Morgan fingerprint density at radius 2 is 2.17 bits per heavy atom. The van der Waals surface area contributed by atoms with Gasteiger partial charge >= 0.3 is 54.9 Å². The molecule has 1 N–H and O–H groups in total. The van der Waals surface area contributed by atoms with Gasteiger partial charge in [0.2, 0.25) is 0 Å². The molecule has 6 heavy (non-hydrogen) atoms. The van der Waals surface area contributed by atoms with Gasteiger partial charge in [-0.25, -0.2) is 0 Å². The third kappa shape index (κ3) is 8.90. The van der Waals surface area contributed by atoms with Crippen molar-refractivity contribution in [3.05, 3.63) is 0 Å². The van der Waals surface area contributed by atoms with E-state index in [4.69, 9.17) is 5.11 Å². The summed E-state index contributed by atoms with van der Waals surface area (Å²) in [4.78, 5) is 9.37. The fourth-order valence-corrected chi connectivity index (χ4v) is 0. The van der Waals surface area contributed by atoms with Crippen LogP contribution < -0.4 is 0 Å². The summed E-state index contributed by atoms with van der Waals surface area (Å²) in [5, 5.41) is 7.72. The van der Waals surface area contributed by atoms with E-state index in [1.807, 2.05) is 0 Å². The first-order valence-electron chi connectivity index (χ1n) is 1.49. The number of carboxylic acid groups (broad SMARTS) is 1. The number of aliphatic carboxylic acids is 1. The van der Waals surface area contributed by atoms with E-state index in [-0.39, 0.29) is 58.2 Å². The molecule has 0 spiro atoms. The van der Waals surface area contributed by atoms with Gasteiger partial charge in [0, 0.05) is 6.42 Å². The first-order chi connectivity index (χ1) is 2.27. The minimum atomic E-state index is -0.745. The Kier molecular flexibility index (Phi) is 10.2. The van der Waals surface area contributed by atoms with Crippen LogP contribution in [0.3, 0.4) is 0 Å². The summed E-state index contributed by atoms with van der Waals surface area (Å²) >= 11 is 0. The van der Waals surface area contributed by atoms with Crippen molar-refractivity contribution in [1.82, 2.24) is 0 Å². The smallest absolute Gasteiger partial charge is 1.00 e. The Labute approximate surface area is 80.0 Å². The standard InChI is InChI=1S/C3H6O2.Ba.2H/c1-2-3(4)5;;;/h2H2,1H3,(H,4,5);;;/q;+2;2*-1. The van der Waals surface area contributed by atoms with Gasteiger partial charge in [0.15, 0.2) is 0 Å². The molecular formula is C3H8BaO2. The van der Waals surface area contributed by atoms with E-state index >= 15 is 0 Å². The molecule has 0 atom stereocenters. The van der Waals surface area contributed by atoms with E-state index in [1.165, 1.54) is 0 Å². The summed E-state index contributed by atoms with van der Waals surface area (Å²) in [6.07, 6.45) is 0.222. The zero-order chi connectivity index (χ0) is 4.28. The van der Waals surface area contributed by atoms with Gasteiger partial charge in [0.25, 0.3) is 0 Å². The van der Waals surface area contributed by atoms with Crippen LogP contribution in [0.5, 0.6) is 0 Å². The molecule has 0 bridgehead atoms. The van der Waals surface area contributed by atoms with Crippen molar-refractivity contribution in [2.45, 2.75) is 13.3 Å². The summed E-state index contributed by atoms with van der Waals surface area (Å²) in [6.45, 7) is 1.60. The topological polar surface area (TPSA) is 37.3 Å². The van der Waals surface area contributed by atoms with E-state index in [1.54, 1.807) is 6.92 Å². The second kappa shape index (κ2) is 6.04. The maximum atomic E-state index is 9.37. The molecule has 2 nitrogen and oxygen atoms in total. The number of rotatable bonds is 1. The summed E-state index contributed by atoms with van der Waals surface area (Å²) < 4.78 is 0. The van der Waals surface area contributed by atoms with Gasteiger partial charge in [-0.15, -0.1) is 0 Å². The van der Waals surface area contributed by atoms with Crippen molar-refractivity contribution >= 4 is 54.9 Å². The Hall–Kier alpha value is 1.04. The first-order valence-corrected chi connectivity index (χ1v) is 1.49. The van der Waals surface area contributed by atoms with E-state index in [2.05, 4.69) is 0 Å². The maximum absolute atomic E-state index is 9.37. The molecule has 0 saturated heterocycles. The normalized spacial score (nSPS) is 6.17. The van der Waals surface area contributed by atoms with E-state index in [0.29, 0.717) is 0 Å². The molecule has 0 heterocycles. The van der Waals surface area contributed by atoms with Crippen molar-refractivity contribution in [3.63, 3.8) is 0 Å². The van der Waals surface area contributed by atoms with Crippen LogP contribution in [-0.4, -0.2) is 60.0 Å². The van der Waals surface area contributed by atoms with Crippen molar-refractivity contribution < 1.29 is 12.8 Å². The molecule has 0 aliphatic carbocycles. The van der Waals surface area contributed by atoms with Gasteiger partial charge in [-0.3, -0.25) is 4.79 Å². The number of carbonyl (C=O) groups is 1. The Morgan fingerprint density at radius 1 is 2.00 bits per heavy atom. The molecule has 0 fully saturated rings. The monoisotopic (exact) mass is 214 g/mol. The largest absolute Gasteiger partial charge is 2.00 e. The molecule has 0 saturated carbocycles. The molecule has 0 aliphatic heterocycles. The van der Waals surface area contributed by atoms with Crippen LogP contribution in [0.4, 0.5) is 0 Å². The fourth-order valence-electron chi connectivity index (χ4n) is 0. The summed E-state index contributed by atoms with van der Waals surface area (Å²) in [6, 6.07) is 0. The van der Waals surface area contributed by atoms with Crippen molar-refractivity contribution in [3.8, 4) is 0 Å². The third-order valence-electron chi connectivity index (χ3n) is 0.302. The van der Waals surface area contributed by atoms with Crippen molar-refractivity contribution in [2.24, 2.45) is 0 Å². The second-order valence-electron chi connectivity index (χ2n) is 0.747. The van der Waals surface area contributed by atoms with Crippen LogP contribution >= 0.6 is 0 Å². The molecule has 0 amide bonds. The van der Waals surface area contributed by atoms with Gasteiger partial charge in [-0.2, -0.15) is 0 Å². The molecule has 0 radical (unpaired) electrons. The average Bonchev–Trinajstić information content (AvgIpc) is 1.38. The summed E-state index contributed by atoms with van der Waals surface area (Å²) in [7, 11) is 0. The van der Waals surface area contributed by atoms with E-state index in [9.17, 15) is 4.79 Å². The second-order valence-corrected chi connectivity index (χ2v) is 0.747. The van der Waals surface area contributed by atoms with Gasteiger partial charge < -0.3 is 7.96 Å². The van der Waals surface area contributed by atoms with Crippen molar-refractivity contribution in [2.75, 3.05) is 0 Å². The summed E-state index contributed by atoms with van der Waals surface area (Å²) in [5.41, 5.74) is 0. The van der Waals surface area contributed by atoms with E-state index < -0.39 is 5.97 Å². The summed E-state index contributed by atoms with van der Waals surface area (Å²) in [5.74, 6) is -0.745. The molecule has 0 aromatic carbocycles. The molecule has 0 rings (SSSR count). The SMILES string of the molecule is CCC(=O)O.[Ba+2].[H-].[H-]. The Morgan fingerprint density at radius 3 is 2.17 bits per heavy atom. The predicted molar refractivity (Wildman–Crippen MR) is 25.9 cm³/mol. The zero-order valence-corrected chi connectivity index (χ0v) is 8.21. The quantitative estimate of drug-likeness (QED) is 0.637. The first kappa shape index (κ1) is 10.1. The minimum Gasteiger partial charge on any atom is -1.00 e. The Bertz CT molecular complexity index is 50.5. The predicted octanol–water partition coefficient (Wildman–Crippen LogP) is 0.325. The molecule has 3 heteroatoms. The molecule has 0 aliphatic rings. The van der Waals surface area contributed by atoms with Gasteiger partial charge in [0.1, 0.15) is 0 Å². The van der Waals surface area contributed by atoms with Crippen LogP contribution in [0.2, 0.25) is 0 Å². The van der Waals surface area contributed by atoms with Crippen LogP contribution in [0.25, 0.3) is 0 Å². The minimum absolute atomic E-state index is 0. The molecule has 0 aromatic rings. The van der Waals surface area contributed by atoms with Crippen LogP contribution in [-0.2, 0) is 4.79 Å². The number of carboxylic acids is 1. The average molecular weight is 213 g/mol.